The van der Waals surface area contributed by atoms with Gasteiger partial charge in [0, 0.05) is 29.1 Å². The maximum Gasteiger partial charge on any atom is 0.277 e. The second kappa shape index (κ2) is 7.90. The Labute approximate surface area is 159 Å². The molecule has 1 aromatic heterocycles. The number of hydrogen-bond donors (Lipinski definition) is 1. The highest BCUT2D eigenvalue weighted by atomic mass is 35.5. The van der Waals surface area contributed by atoms with E-state index in [9.17, 15) is 18.7 Å². The van der Waals surface area contributed by atoms with Crippen LogP contribution in [0, 0.1) is 18.6 Å². The minimum absolute atomic E-state index is 0.109. The van der Waals surface area contributed by atoms with E-state index in [4.69, 9.17) is 16.3 Å². The van der Waals surface area contributed by atoms with Gasteiger partial charge >= 0.3 is 0 Å². The Morgan fingerprint density at radius 2 is 1.93 bits per heavy atom. The topological polar surface area (TPSA) is 51.5 Å². The quantitative estimate of drug-likeness (QED) is 0.711. The molecule has 0 saturated carbocycles. The summed E-state index contributed by atoms with van der Waals surface area (Å²) < 4.78 is 33.6. The minimum atomic E-state index is -0.739. The number of aryl methyl sites for hydroxylation is 1. The maximum absolute atomic E-state index is 13.7. The summed E-state index contributed by atoms with van der Waals surface area (Å²) in [4.78, 5) is 12.7. The third-order valence-electron chi connectivity index (χ3n) is 4.05. The van der Waals surface area contributed by atoms with Gasteiger partial charge in [-0.15, -0.1) is 0 Å². The number of aliphatic hydroxyl groups excluding tert-OH is 1. The molecule has 27 heavy (non-hydrogen) atoms. The van der Waals surface area contributed by atoms with Crippen LogP contribution in [0.5, 0.6) is 5.75 Å². The van der Waals surface area contributed by atoms with Crippen molar-refractivity contribution in [2.24, 2.45) is 0 Å². The summed E-state index contributed by atoms with van der Waals surface area (Å²) in [5, 5.41) is 9.12. The van der Waals surface area contributed by atoms with Gasteiger partial charge in [-0.3, -0.25) is 9.36 Å². The molecule has 0 aliphatic rings. The molecule has 1 N–H and O–H groups in total. The van der Waals surface area contributed by atoms with Crippen LogP contribution in [-0.4, -0.2) is 9.67 Å². The molecule has 2 aromatic carbocycles. The third-order valence-corrected chi connectivity index (χ3v) is 4.40. The molecule has 0 aliphatic carbocycles. The zero-order chi connectivity index (χ0) is 19.6. The van der Waals surface area contributed by atoms with Gasteiger partial charge in [-0.05, 0) is 36.8 Å². The predicted molar refractivity (Wildman–Crippen MR) is 98.4 cm³/mol. The lowest BCUT2D eigenvalue weighted by atomic mass is 10.2. The van der Waals surface area contributed by atoms with Crippen molar-refractivity contribution in [3.05, 3.63) is 92.4 Å². The Morgan fingerprint density at radius 1 is 1.15 bits per heavy atom. The summed E-state index contributed by atoms with van der Waals surface area (Å²) >= 11 is 6.16. The molecule has 0 unspecified atom stereocenters. The van der Waals surface area contributed by atoms with E-state index in [0.717, 1.165) is 12.1 Å². The second-order valence-corrected chi connectivity index (χ2v) is 6.33. The average molecular weight is 392 g/mol. The molecule has 140 valence electrons. The standard InChI is InChI=1S/C20H16ClF2NO3/c1-12-7-18(27-11-14-5-6-15(22)9-17(14)23)19(21)20(26)24(12)16-4-2-3-13(8-16)10-25/h2-9,25H,10-11H2,1H3. The summed E-state index contributed by atoms with van der Waals surface area (Å²) in [6.45, 7) is 1.35. The number of hydrogen-bond acceptors (Lipinski definition) is 3. The fourth-order valence-electron chi connectivity index (χ4n) is 2.70. The first-order valence-electron chi connectivity index (χ1n) is 8.09. The van der Waals surface area contributed by atoms with Gasteiger partial charge in [0.15, 0.2) is 0 Å². The van der Waals surface area contributed by atoms with E-state index in [-0.39, 0.29) is 29.5 Å². The molecular weight excluding hydrogens is 376 g/mol. The number of aromatic nitrogens is 1. The first-order chi connectivity index (χ1) is 12.9. The summed E-state index contributed by atoms with van der Waals surface area (Å²) in [6.07, 6.45) is 0. The van der Waals surface area contributed by atoms with Gasteiger partial charge in [0.1, 0.15) is 29.0 Å². The molecule has 3 aromatic rings. The zero-order valence-corrected chi connectivity index (χ0v) is 15.1. The highest BCUT2D eigenvalue weighted by Crippen LogP contribution is 2.25. The van der Waals surface area contributed by atoms with Crippen LogP contribution in [0.15, 0.2) is 53.3 Å². The van der Waals surface area contributed by atoms with Crippen LogP contribution in [0.4, 0.5) is 8.78 Å². The van der Waals surface area contributed by atoms with Crippen molar-refractivity contribution in [3.63, 3.8) is 0 Å². The van der Waals surface area contributed by atoms with Crippen molar-refractivity contribution >= 4 is 11.6 Å². The minimum Gasteiger partial charge on any atom is -0.487 e. The Morgan fingerprint density at radius 3 is 2.63 bits per heavy atom. The molecule has 0 aliphatic heterocycles. The number of aliphatic hydroxyl groups is 1. The molecule has 0 fully saturated rings. The van der Waals surface area contributed by atoms with Crippen molar-refractivity contribution in [2.45, 2.75) is 20.1 Å². The van der Waals surface area contributed by atoms with Gasteiger partial charge in [0.2, 0.25) is 0 Å². The molecule has 3 rings (SSSR count). The fourth-order valence-corrected chi connectivity index (χ4v) is 2.89. The van der Waals surface area contributed by atoms with Crippen LogP contribution in [0.2, 0.25) is 5.02 Å². The number of nitrogens with zero attached hydrogens (tertiary/aromatic N) is 1. The van der Waals surface area contributed by atoms with E-state index in [0.29, 0.717) is 16.9 Å². The van der Waals surface area contributed by atoms with Gasteiger partial charge in [-0.1, -0.05) is 23.7 Å². The van der Waals surface area contributed by atoms with Gasteiger partial charge < -0.3 is 9.84 Å². The lowest BCUT2D eigenvalue weighted by Gasteiger charge is -2.15. The molecule has 7 heteroatoms. The molecule has 0 spiro atoms. The van der Waals surface area contributed by atoms with E-state index in [1.807, 2.05) is 0 Å². The second-order valence-electron chi connectivity index (χ2n) is 5.96. The van der Waals surface area contributed by atoms with Gasteiger partial charge in [-0.25, -0.2) is 8.78 Å². The maximum atomic E-state index is 13.7. The molecule has 0 atom stereocenters. The SMILES string of the molecule is Cc1cc(OCc2ccc(F)cc2F)c(Cl)c(=O)n1-c1cccc(CO)c1. The van der Waals surface area contributed by atoms with E-state index in [1.165, 1.54) is 10.6 Å². The molecule has 1 heterocycles. The highest BCUT2D eigenvalue weighted by Gasteiger charge is 2.15. The summed E-state index contributed by atoms with van der Waals surface area (Å²) in [5.74, 6) is -1.31. The van der Waals surface area contributed by atoms with Crippen molar-refractivity contribution in [3.8, 4) is 11.4 Å². The van der Waals surface area contributed by atoms with Crippen LogP contribution in [-0.2, 0) is 13.2 Å². The van der Waals surface area contributed by atoms with Crippen LogP contribution in [0.25, 0.3) is 5.69 Å². The summed E-state index contributed by atoms with van der Waals surface area (Å²) in [6, 6.07) is 11.6. The summed E-state index contributed by atoms with van der Waals surface area (Å²) in [5.41, 5.74) is 1.41. The molecule has 0 radical (unpaired) electrons. The third kappa shape index (κ3) is 4.02. The van der Waals surface area contributed by atoms with E-state index in [2.05, 4.69) is 0 Å². The molecule has 0 bridgehead atoms. The average Bonchev–Trinajstić information content (AvgIpc) is 2.65. The zero-order valence-electron chi connectivity index (χ0n) is 14.4. The molecule has 4 nitrogen and oxygen atoms in total. The number of ether oxygens (including phenoxy) is 1. The largest absolute Gasteiger partial charge is 0.487 e. The first-order valence-corrected chi connectivity index (χ1v) is 8.47. The Kier molecular flexibility index (Phi) is 5.58. The Balaban J connectivity index is 1.94. The van der Waals surface area contributed by atoms with Gasteiger partial charge in [-0.2, -0.15) is 0 Å². The predicted octanol–water partition coefficient (Wildman–Crippen LogP) is 4.15. The van der Waals surface area contributed by atoms with E-state index < -0.39 is 17.2 Å². The smallest absolute Gasteiger partial charge is 0.277 e. The van der Waals surface area contributed by atoms with Gasteiger partial charge in [0.05, 0.1) is 6.61 Å². The van der Waals surface area contributed by atoms with Crippen LogP contribution >= 0.6 is 11.6 Å². The van der Waals surface area contributed by atoms with Crippen molar-refractivity contribution < 1.29 is 18.6 Å². The first kappa shape index (κ1) is 19.1. The van der Waals surface area contributed by atoms with Gasteiger partial charge in [0.25, 0.3) is 5.56 Å². The van der Waals surface area contributed by atoms with Crippen LogP contribution < -0.4 is 10.3 Å². The highest BCUT2D eigenvalue weighted by molar-refractivity contribution is 6.31. The molecule has 0 amide bonds. The van der Waals surface area contributed by atoms with Crippen LogP contribution in [0.3, 0.4) is 0 Å². The lowest BCUT2D eigenvalue weighted by Crippen LogP contribution is -2.22. The monoisotopic (exact) mass is 391 g/mol. The number of halogens is 3. The van der Waals surface area contributed by atoms with E-state index in [1.54, 1.807) is 37.3 Å². The lowest BCUT2D eigenvalue weighted by molar-refractivity contribution is 0.282. The number of benzene rings is 2. The molecular formula is C20H16ClF2NO3. The molecule has 0 saturated heterocycles. The van der Waals surface area contributed by atoms with Crippen molar-refractivity contribution in [1.82, 2.24) is 4.57 Å². The Hall–Kier alpha value is -2.70. The number of rotatable bonds is 5. The normalized spacial score (nSPS) is 10.9. The fraction of sp³-hybridized carbons (Fsp3) is 0.150. The number of pyridine rings is 1. The van der Waals surface area contributed by atoms with E-state index >= 15 is 0 Å². The van der Waals surface area contributed by atoms with Crippen molar-refractivity contribution in [2.75, 3.05) is 0 Å². The van der Waals surface area contributed by atoms with Crippen molar-refractivity contribution in [1.29, 1.82) is 0 Å². The summed E-state index contributed by atoms with van der Waals surface area (Å²) in [7, 11) is 0. The van der Waals surface area contributed by atoms with Crippen LogP contribution in [0.1, 0.15) is 16.8 Å². The Bertz CT molecular complexity index is 1050.